The van der Waals surface area contributed by atoms with Crippen LogP contribution in [0.2, 0.25) is 0 Å². The number of alkyl halides is 1. The lowest BCUT2D eigenvalue weighted by atomic mass is 9.95. The average Bonchev–Trinajstić information content (AvgIpc) is 3.27. The van der Waals surface area contributed by atoms with Gasteiger partial charge in [-0.1, -0.05) is 43.7 Å². The lowest BCUT2D eigenvalue weighted by Gasteiger charge is -2.26. The zero-order valence-corrected chi connectivity index (χ0v) is 22.3. The molecule has 1 fully saturated rings. The van der Waals surface area contributed by atoms with E-state index in [1.54, 1.807) is 13.0 Å². The van der Waals surface area contributed by atoms with Gasteiger partial charge in [0, 0.05) is 20.1 Å². The first kappa shape index (κ1) is 33.6. The Balaban J connectivity index is 0.000000601. The number of nitrogens with zero attached hydrogens (tertiary/aromatic N) is 1. The van der Waals surface area contributed by atoms with E-state index < -0.39 is 30.3 Å². The molecule has 37 heavy (non-hydrogen) atoms. The number of carbonyl (C=O) groups is 3. The lowest BCUT2D eigenvalue weighted by Crippen LogP contribution is -2.38. The van der Waals surface area contributed by atoms with Gasteiger partial charge in [-0.2, -0.15) is 0 Å². The Morgan fingerprint density at radius 1 is 1.19 bits per heavy atom. The summed E-state index contributed by atoms with van der Waals surface area (Å²) in [7, 11) is 1.45. The van der Waals surface area contributed by atoms with Gasteiger partial charge in [0.2, 0.25) is 12.8 Å². The molecule has 0 spiro atoms. The van der Waals surface area contributed by atoms with E-state index in [2.05, 4.69) is 5.73 Å². The number of carboxylic acid groups (broad SMARTS) is 1. The normalized spacial score (nSPS) is 17.7. The summed E-state index contributed by atoms with van der Waals surface area (Å²) in [5, 5.41) is 8.90. The molecule has 8 nitrogen and oxygen atoms in total. The number of likely N-dealkylation sites (tertiary alicyclic amines) is 1. The van der Waals surface area contributed by atoms with E-state index in [1.807, 2.05) is 45.9 Å². The number of aliphatic carboxylic acids is 1. The molecule has 2 amide bonds. The molecule has 1 saturated heterocycles. The topological polar surface area (TPSA) is 119 Å². The fourth-order valence-corrected chi connectivity index (χ4v) is 3.74. The molecule has 0 radical (unpaired) electrons. The number of carbonyl (C=O) groups excluding carboxylic acids is 2. The second kappa shape index (κ2) is 17.1. The Bertz CT molecular complexity index is 1000. The van der Waals surface area contributed by atoms with Gasteiger partial charge in [0.25, 0.3) is 0 Å². The number of primary amides is 1. The van der Waals surface area contributed by atoms with Gasteiger partial charge >= 0.3 is 5.97 Å². The molecule has 1 unspecified atom stereocenters. The number of amides is 2. The van der Waals surface area contributed by atoms with Gasteiger partial charge in [-0.3, -0.25) is 9.59 Å². The standard InChI is InChI=1S/C15H14F2.C9H15NO5.C2H6.CH3NO/c1-10-3-4-11(2)15(7-10)14-6-5-13(17)8-12(14)9-16;1-3-15-9(14-2)4-7(8(12)13)10(5-9)6-11;1-2;2-1-3/h3-8H,9H2,1-2H3;6-7H,3-5H2,1-2H3,(H,12,13);1-2H3;1H,(H2,2,3)/t;7-,9?;;/m.0../s1. The highest BCUT2D eigenvalue weighted by atomic mass is 19.1. The smallest absolute Gasteiger partial charge is 0.326 e. The fraction of sp³-hybridized carbons (Fsp3) is 0.444. The first-order valence-corrected chi connectivity index (χ1v) is 11.8. The Kier molecular flexibility index (Phi) is 15.6. The molecule has 2 atom stereocenters. The van der Waals surface area contributed by atoms with E-state index in [4.69, 9.17) is 19.4 Å². The van der Waals surface area contributed by atoms with E-state index in [0.29, 0.717) is 18.6 Å². The molecular formula is C27H38F2N2O6. The van der Waals surface area contributed by atoms with Crippen molar-refractivity contribution in [3.05, 3.63) is 58.9 Å². The van der Waals surface area contributed by atoms with Crippen molar-refractivity contribution in [3.8, 4) is 11.1 Å². The van der Waals surface area contributed by atoms with Crippen molar-refractivity contribution in [2.24, 2.45) is 5.73 Å². The highest BCUT2D eigenvalue weighted by molar-refractivity contribution is 5.77. The molecule has 0 bridgehead atoms. The quantitative estimate of drug-likeness (QED) is 0.410. The Morgan fingerprint density at radius 3 is 2.27 bits per heavy atom. The molecule has 10 heteroatoms. The summed E-state index contributed by atoms with van der Waals surface area (Å²) in [5.74, 6) is -2.41. The first-order chi connectivity index (χ1) is 17.6. The van der Waals surface area contributed by atoms with E-state index in [-0.39, 0.29) is 19.4 Å². The van der Waals surface area contributed by atoms with Crippen molar-refractivity contribution in [1.82, 2.24) is 4.90 Å². The predicted octanol–water partition coefficient (Wildman–Crippen LogP) is 4.39. The molecule has 1 aliphatic rings. The maximum atomic E-state index is 13.1. The summed E-state index contributed by atoms with van der Waals surface area (Å²) in [6.45, 7) is 9.66. The van der Waals surface area contributed by atoms with Crippen LogP contribution in [0.15, 0.2) is 36.4 Å². The third-order valence-corrected chi connectivity index (χ3v) is 5.42. The number of methoxy groups -OCH3 is 1. The second-order valence-corrected chi connectivity index (χ2v) is 7.77. The summed E-state index contributed by atoms with van der Waals surface area (Å²) in [5.41, 5.74) is 8.49. The molecule has 0 saturated carbocycles. The SMILES string of the molecule is CC.CCOC1(OC)C[C@@H](C(=O)O)N(C=O)C1.Cc1ccc(C)c(-c2ccc(F)cc2CF)c1.NC=O. The number of hydrogen-bond acceptors (Lipinski definition) is 5. The van der Waals surface area contributed by atoms with Crippen LogP contribution in [0.4, 0.5) is 8.78 Å². The van der Waals surface area contributed by atoms with Gasteiger partial charge < -0.3 is 25.2 Å². The van der Waals surface area contributed by atoms with Crippen LogP contribution in [-0.2, 0) is 30.5 Å². The van der Waals surface area contributed by atoms with Crippen LogP contribution in [0.3, 0.4) is 0 Å². The number of aryl methyl sites for hydroxylation is 2. The summed E-state index contributed by atoms with van der Waals surface area (Å²) >= 11 is 0. The van der Waals surface area contributed by atoms with Crippen LogP contribution in [-0.4, -0.2) is 60.9 Å². The number of benzene rings is 2. The number of nitrogens with two attached hydrogens (primary N) is 1. The van der Waals surface area contributed by atoms with Crippen molar-refractivity contribution >= 4 is 18.8 Å². The third kappa shape index (κ3) is 9.89. The largest absolute Gasteiger partial charge is 0.480 e. The van der Waals surface area contributed by atoms with Gasteiger partial charge in [0.05, 0.1) is 6.54 Å². The molecule has 2 aromatic rings. The summed E-state index contributed by atoms with van der Waals surface area (Å²) < 4.78 is 36.5. The van der Waals surface area contributed by atoms with Crippen molar-refractivity contribution in [2.75, 3.05) is 20.3 Å². The van der Waals surface area contributed by atoms with Crippen LogP contribution in [0.5, 0.6) is 0 Å². The van der Waals surface area contributed by atoms with E-state index in [1.165, 1.54) is 24.1 Å². The predicted molar refractivity (Wildman–Crippen MR) is 138 cm³/mol. The maximum Gasteiger partial charge on any atom is 0.326 e. The minimum atomic E-state index is -1.04. The molecule has 1 heterocycles. The van der Waals surface area contributed by atoms with Crippen LogP contribution in [0.1, 0.15) is 43.9 Å². The van der Waals surface area contributed by atoms with Crippen molar-refractivity contribution in [1.29, 1.82) is 0 Å². The second-order valence-electron chi connectivity index (χ2n) is 7.77. The molecule has 0 aliphatic carbocycles. The fourth-order valence-electron chi connectivity index (χ4n) is 3.74. The van der Waals surface area contributed by atoms with Crippen LogP contribution in [0.25, 0.3) is 11.1 Å². The maximum absolute atomic E-state index is 13.1. The monoisotopic (exact) mass is 524 g/mol. The zero-order valence-electron chi connectivity index (χ0n) is 22.3. The van der Waals surface area contributed by atoms with Gasteiger partial charge in [0.15, 0.2) is 5.79 Å². The first-order valence-electron chi connectivity index (χ1n) is 11.8. The van der Waals surface area contributed by atoms with Gasteiger partial charge in [-0.15, -0.1) is 0 Å². The van der Waals surface area contributed by atoms with Crippen LogP contribution >= 0.6 is 0 Å². The lowest BCUT2D eigenvalue weighted by molar-refractivity contribution is -0.210. The Labute approximate surface area is 217 Å². The zero-order chi connectivity index (χ0) is 28.6. The van der Waals surface area contributed by atoms with E-state index in [0.717, 1.165) is 22.3 Å². The van der Waals surface area contributed by atoms with Crippen molar-refractivity contribution in [2.45, 2.75) is 59.5 Å². The highest BCUT2D eigenvalue weighted by Crippen LogP contribution is 2.31. The van der Waals surface area contributed by atoms with E-state index in [9.17, 15) is 18.4 Å². The summed E-state index contributed by atoms with van der Waals surface area (Å²) in [6.07, 6.45) is 0.921. The molecular weight excluding hydrogens is 486 g/mol. The van der Waals surface area contributed by atoms with Gasteiger partial charge in [0.1, 0.15) is 18.5 Å². The molecule has 2 aromatic carbocycles. The number of rotatable bonds is 7. The minimum absolute atomic E-state index is 0.151. The molecule has 3 rings (SSSR count). The van der Waals surface area contributed by atoms with Gasteiger partial charge in [-0.25, -0.2) is 13.6 Å². The van der Waals surface area contributed by atoms with Gasteiger partial charge in [-0.05, 0) is 55.2 Å². The number of carboxylic acids is 1. The molecule has 3 N–H and O–H groups in total. The number of halogens is 2. The third-order valence-electron chi connectivity index (χ3n) is 5.42. The summed E-state index contributed by atoms with van der Waals surface area (Å²) in [4.78, 5) is 31.3. The van der Waals surface area contributed by atoms with Crippen molar-refractivity contribution in [3.63, 3.8) is 0 Å². The van der Waals surface area contributed by atoms with Crippen molar-refractivity contribution < 1.29 is 37.7 Å². The highest BCUT2D eigenvalue weighted by Gasteiger charge is 2.48. The number of hydrogen-bond donors (Lipinski definition) is 2. The van der Waals surface area contributed by atoms with Crippen LogP contribution in [0, 0.1) is 19.7 Å². The molecule has 1 aliphatic heterocycles. The Hall–Kier alpha value is -3.37. The molecule has 206 valence electrons. The summed E-state index contributed by atoms with van der Waals surface area (Å²) in [6, 6.07) is 9.42. The number of ether oxygens (including phenoxy) is 2. The Morgan fingerprint density at radius 2 is 1.81 bits per heavy atom. The average molecular weight is 525 g/mol. The van der Waals surface area contributed by atoms with E-state index >= 15 is 0 Å². The minimum Gasteiger partial charge on any atom is -0.480 e. The van der Waals surface area contributed by atoms with Crippen LogP contribution < -0.4 is 5.73 Å². The molecule has 0 aromatic heterocycles.